The van der Waals surface area contributed by atoms with Gasteiger partial charge in [0.25, 0.3) is 5.79 Å². The third kappa shape index (κ3) is 2.02. The number of carbonyl (C=O) groups is 3. The average molecular weight is 264 g/mol. The molecule has 1 heterocycles. The maximum atomic E-state index is 11.6. The van der Waals surface area contributed by atoms with Crippen LogP contribution in [0.3, 0.4) is 0 Å². The Hall–Kier alpha value is -1.39. The minimum atomic E-state index is -2.99. The Kier molecular flexibility index (Phi) is 3.32. The van der Waals surface area contributed by atoms with Crippen molar-refractivity contribution in [2.75, 3.05) is 6.61 Å². The standard InChI is InChI=1S/C9H12O9/c1-7(14,4(10)8(2,15)6(12)13)5(11)9(16)3-17-18-9/h14-16H,3H2,1-2H3,(H,12,13). The highest BCUT2D eigenvalue weighted by Crippen LogP contribution is 2.28. The highest BCUT2D eigenvalue weighted by atomic mass is 17.3. The van der Waals surface area contributed by atoms with Gasteiger partial charge in [0.1, 0.15) is 6.61 Å². The first-order chi connectivity index (χ1) is 7.96. The van der Waals surface area contributed by atoms with Crippen LogP contribution in [0.25, 0.3) is 0 Å². The second-order valence-electron chi connectivity index (χ2n) is 4.24. The number of aliphatic hydroxyl groups is 3. The lowest BCUT2D eigenvalue weighted by molar-refractivity contribution is -0.510. The number of Topliss-reactive ketones (excluding diaryl/α,β-unsaturated/α-hetero) is 2. The van der Waals surface area contributed by atoms with Crippen molar-refractivity contribution in [3.63, 3.8) is 0 Å². The van der Waals surface area contributed by atoms with Gasteiger partial charge < -0.3 is 20.4 Å². The van der Waals surface area contributed by atoms with Crippen LogP contribution in [-0.2, 0) is 24.2 Å². The summed E-state index contributed by atoms with van der Waals surface area (Å²) in [6.07, 6.45) is 0. The van der Waals surface area contributed by atoms with Crippen molar-refractivity contribution in [2.24, 2.45) is 0 Å². The summed E-state index contributed by atoms with van der Waals surface area (Å²) in [5.41, 5.74) is -5.93. The van der Waals surface area contributed by atoms with Crippen molar-refractivity contribution in [1.29, 1.82) is 0 Å². The molecule has 4 N–H and O–H groups in total. The van der Waals surface area contributed by atoms with Crippen molar-refractivity contribution < 1.29 is 44.6 Å². The number of carbonyl (C=O) groups excluding carboxylic acids is 2. The first-order valence-electron chi connectivity index (χ1n) is 4.77. The summed E-state index contributed by atoms with van der Waals surface area (Å²) in [7, 11) is 0. The molecule has 0 amide bonds. The minimum absolute atomic E-state index is 0.599. The monoisotopic (exact) mass is 264 g/mol. The molecule has 102 valence electrons. The Labute approximate surface area is 100 Å². The van der Waals surface area contributed by atoms with E-state index in [0.29, 0.717) is 13.8 Å². The van der Waals surface area contributed by atoms with E-state index < -0.39 is 41.1 Å². The zero-order valence-electron chi connectivity index (χ0n) is 9.54. The van der Waals surface area contributed by atoms with Gasteiger partial charge in [0.15, 0.2) is 5.60 Å². The first kappa shape index (κ1) is 14.7. The molecular formula is C9H12O9. The van der Waals surface area contributed by atoms with Crippen LogP contribution in [0, 0.1) is 0 Å². The van der Waals surface area contributed by atoms with E-state index in [9.17, 15) is 29.7 Å². The maximum absolute atomic E-state index is 11.6. The Balaban J connectivity index is 3.03. The lowest BCUT2D eigenvalue weighted by Gasteiger charge is -2.37. The topological polar surface area (TPSA) is 151 Å². The molecule has 1 aliphatic heterocycles. The van der Waals surface area contributed by atoms with Gasteiger partial charge in [0.2, 0.25) is 17.2 Å². The predicted molar refractivity (Wildman–Crippen MR) is 50.9 cm³/mol. The van der Waals surface area contributed by atoms with Gasteiger partial charge in [-0.25, -0.2) is 9.68 Å². The molecular weight excluding hydrogens is 252 g/mol. The van der Waals surface area contributed by atoms with Crippen LogP contribution >= 0.6 is 0 Å². The summed E-state index contributed by atoms with van der Waals surface area (Å²) in [5.74, 6) is -7.70. The van der Waals surface area contributed by atoms with Gasteiger partial charge >= 0.3 is 5.97 Å². The van der Waals surface area contributed by atoms with Crippen LogP contribution in [-0.4, -0.2) is 61.6 Å². The summed E-state index contributed by atoms with van der Waals surface area (Å²) in [6.45, 7) is 0.626. The highest BCUT2D eigenvalue weighted by Gasteiger charge is 2.61. The molecule has 0 aromatic rings. The van der Waals surface area contributed by atoms with Gasteiger partial charge in [-0.1, -0.05) is 0 Å². The molecule has 0 saturated carbocycles. The van der Waals surface area contributed by atoms with E-state index in [1.54, 1.807) is 0 Å². The molecule has 3 atom stereocenters. The molecule has 1 saturated heterocycles. The molecule has 0 bridgehead atoms. The van der Waals surface area contributed by atoms with E-state index in [2.05, 4.69) is 9.78 Å². The fourth-order valence-electron chi connectivity index (χ4n) is 1.33. The highest BCUT2D eigenvalue weighted by molar-refractivity contribution is 6.21. The Bertz CT molecular complexity index is 404. The van der Waals surface area contributed by atoms with Crippen molar-refractivity contribution in [1.82, 2.24) is 0 Å². The number of rotatable bonds is 5. The van der Waals surface area contributed by atoms with Crippen molar-refractivity contribution >= 4 is 17.5 Å². The number of hydrogen-bond acceptors (Lipinski definition) is 8. The molecule has 9 nitrogen and oxygen atoms in total. The average Bonchev–Trinajstić information content (AvgIpc) is 2.23. The quantitative estimate of drug-likeness (QED) is 0.308. The van der Waals surface area contributed by atoms with Crippen LogP contribution < -0.4 is 0 Å². The van der Waals surface area contributed by atoms with E-state index in [1.807, 2.05) is 0 Å². The molecule has 0 aromatic heterocycles. The summed E-state index contributed by atoms with van der Waals surface area (Å²) < 4.78 is 0. The second kappa shape index (κ2) is 4.07. The molecule has 0 spiro atoms. The van der Waals surface area contributed by atoms with Crippen LogP contribution in [0.4, 0.5) is 0 Å². The zero-order chi connectivity index (χ0) is 14.4. The van der Waals surface area contributed by atoms with Crippen molar-refractivity contribution in [3.05, 3.63) is 0 Å². The molecule has 1 fully saturated rings. The van der Waals surface area contributed by atoms with Crippen LogP contribution in [0.5, 0.6) is 0 Å². The lowest BCUT2D eigenvalue weighted by Crippen LogP contribution is -2.67. The second-order valence-corrected chi connectivity index (χ2v) is 4.24. The fraction of sp³-hybridized carbons (Fsp3) is 0.667. The molecule has 0 aliphatic carbocycles. The molecule has 0 aromatic carbocycles. The smallest absolute Gasteiger partial charge is 0.343 e. The Morgan fingerprint density at radius 2 is 1.61 bits per heavy atom. The van der Waals surface area contributed by atoms with Crippen LogP contribution in [0.2, 0.25) is 0 Å². The van der Waals surface area contributed by atoms with E-state index in [1.165, 1.54) is 0 Å². The Morgan fingerprint density at radius 3 is 1.89 bits per heavy atom. The number of carboxylic acid groups (broad SMARTS) is 1. The number of carboxylic acids is 1. The third-order valence-corrected chi connectivity index (χ3v) is 2.55. The van der Waals surface area contributed by atoms with Crippen LogP contribution in [0.1, 0.15) is 13.8 Å². The largest absolute Gasteiger partial charge is 0.479 e. The molecule has 9 heteroatoms. The fourth-order valence-corrected chi connectivity index (χ4v) is 1.33. The molecule has 1 rings (SSSR count). The van der Waals surface area contributed by atoms with Crippen molar-refractivity contribution in [2.45, 2.75) is 30.8 Å². The van der Waals surface area contributed by atoms with E-state index in [0.717, 1.165) is 0 Å². The van der Waals surface area contributed by atoms with Crippen LogP contribution in [0.15, 0.2) is 0 Å². The lowest BCUT2D eigenvalue weighted by atomic mass is 9.82. The summed E-state index contributed by atoms with van der Waals surface area (Å²) in [4.78, 5) is 42.1. The van der Waals surface area contributed by atoms with Gasteiger partial charge in [-0.15, -0.1) is 0 Å². The van der Waals surface area contributed by atoms with Gasteiger partial charge in [-0.3, -0.25) is 9.59 Å². The van der Waals surface area contributed by atoms with E-state index in [4.69, 9.17) is 5.11 Å². The normalized spacial score (nSPS) is 29.6. The SMILES string of the molecule is CC(O)(C(=O)O)C(=O)C(C)(O)C(=O)C1(O)COO1. The predicted octanol–water partition coefficient (Wildman–Crippen LogP) is -2.64. The molecule has 18 heavy (non-hydrogen) atoms. The Morgan fingerprint density at radius 1 is 1.17 bits per heavy atom. The van der Waals surface area contributed by atoms with E-state index >= 15 is 0 Å². The summed E-state index contributed by atoms with van der Waals surface area (Å²) >= 11 is 0. The third-order valence-electron chi connectivity index (χ3n) is 2.55. The van der Waals surface area contributed by atoms with Gasteiger partial charge in [-0.2, -0.15) is 4.89 Å². The molecule has 1 aliphatic rings. The number of ketones is 2. The van der Waals surface area contributed by atoms with Gasteiger partial charge in [0, 0.05) is 0 Å². The van der Waals surface area contributed by atoms with Gasteiger partial charge in [0.05, 0.1) is 0 Å². The summed E-state index contributed by atoms with van der Waals surface area (Å²) in [6, 6.07) is 0. The molecule has 0 radical (unpaired) electrons. The number of hydrogen-bond donors (Lipinski definition) is 4. The summed E-state index contributed by atoms with van der Waals surface area (Å²) in [5, 5.41) is 37.2. The van der Waals surface area contributed by atoms with E-state index in [-0.39, 0.29) is 0 Å². The number of aliphatic carboxylic acids is 1. The van der Waals surface area contributed by atoms with Crippen molar-refractivity contribution in [3.8, 4) is 0 Å². The first-order valence-corrected chi connectivity index (χ1v) is 4.77. The van der Waals surface area contributed by atoms with Gasteiger partial charge in [-0.05, 0) is 13.8 Å². The zero-order valence-corrected chi connectivity index (χ0v) is 9.54. The maximum Gasteiger partial charge on any atom is 0.343 e. The minimum Gasteiger partial charge on any atom is -0.479 e. The molecule has 3 unspecified atom stereocenters.